The molecule has 1 aromatic carbocycles. The number of amides is 1. The predicted molar refractivity (Wildman–Crippen MR) is 115 cm³/mol. The van der Waals surface area contributed by atoms with Crippen LogP contribution >= 0.6 is 0 Å². The quantitative estimate of drug-likeness (QED) is 0.650. The zero-order valence-electron chi connectivity index (χ0n) is 17.8. The Morgan fingerprint density at radius 3 is 2.80 bits per heavy atom. The molecule has 7 heteroatoms. The van der Waals surface area contributed by atoms with Gasteiger partial charge in [-0.3, -0.25) is 14.6 Å². The van der Waals surface area contributed by atoms with Crippen LogP contribution in [0.25, 0.3) is 0 Å². The Morgan fingerprint density at radius 1 is 1.30 bits per heavy atom. The zero-order valence-corrected chi connectivity index (χ0v) is 17.8. The first-order chi connectivity index (χ1) is 14.5. The van der Waals surface area contributed by atoms with Crippen LogP contribution in [0.15, 0.2) is 42.7 Å². The molecule has 1 aliphatic rings. The average molecular weight is 408 g/mol. The van der Waals surface area contributed by atoms with E-state index in [0.717, 1.165) is 36.5 Å². The van der Waals surface area contributed by atoms with Crippen molar-refractivity contribution in [3.8, 4) is 5.75 Å². The lowest BCUT2D eigenvalue weighted by Crippen LogP contribution is -2.28. The van der Waals surface area contributed by atoms with Crippen molar-refractivity contribution in [3.63, 3.8) is 0 Å². The van der Waals surface area contributed by atoms with E-state index in [2.05, 4.69) is 47.3 Å². The van der Waals surface area contributed by atoms with Gasteiger partial charge in [-0.1, -0.05) is 26.0 Å². The number of rotatable bonds is 7. The number of aromatic amines is 1. The first-order valence-corrected chi connectivity index (χ1v) is 10.5. The summed E-state index contributed by atoms with van der Waals surface area (Å²) in [6.45, 7) is 6.40. The largest absolute Gasteiger partial charge is 0.493 e. The van der Waals surface area contributed by atoms with Gasteiger partial charge in [0.25, 0.3) is 5.91 Å². The summed E-state index contributed by atoms with van der Waals surface area (Å²) in [4.78, 5) is 14.5. The van der Waals surface area contributed by atoms with E-state index >= 15 is 0 Å². The van der Waals surface area contributed by atoms with Gasteiger partial charge in [0.15, 0.2) is 0 Å². The highest BCUT2D eigenvalue weighted by molar-refractivity contribution is 5.94. The first kappa shape index (κ1) is 20.2. The molecule has 1 amide bonds. The van der Waals surface area contributed by atoms with Crippen LogP contribution in [-0.2, 0) is 13.5 Å². The van der Waals surface area contributed by atoms with Gasteiger partial charge in [-0.25, -0.2) is 0 Å². The minimum absolute atomic E-state index is 0.0400. The summed E-state index contributed by atoms with van der Waals surface area (Å²) >= 11 is 0. The van der Waals surface area contributed by atoms with Crippen molar-refractivity contribution in [1.29, 1.82) is 0 Å². The molecule has 0 radical (unpaired) electrons. The number of nitrogens with one attached hydrogen (secondary N) is 1. The summed E-state index contributed by atoms with van der Waals surface area (Å²) in [6, 6.07) is 10.4. The fourth-order valence-corrected chi connectivity index (χ4v) is 3.84. The van der Waals surface area contributed by atoms with E-state index in [4.69, 9.17) is 4.74 Å². The first-order valence-electron chi connectivity index (χ1n) is 10.5. The number of carbonyl (C=O) groups is 1. The van der Waals surface area contributed by atoms with Crippen molar-refractivity contribution < 1.29 is 9.53 Å². The van der Waals surface area contributed by atoms with E-state index in [1.807, 2.05) is 24.1 Å². The van der Waals surface area contributed by atoms with Gasteiger partial charge in [-0.2, -0.15) is 10.2 Å². The Bertz CT molecular complexity index is 989. The third-order valence-corrected chi connectivity index (χ3v) is 5.68. The Balaban J connectivity index is 1.27. The Labute approximate surface area is 177 Å². The van der Waals surface area contributed by atoms with Gasteiger partial charge < -0.3 is 9.64 Å². The van der Waals surface area contributed by atoms with Crippen molar-refractivity contribution in [2.75, 3.05) is 19.7 Å². The topological polar surface area (TPSA) is 76.0 Å². The summed E-state index contributed by atoms with van der Waals surface area (Å²) in [7, 11) is 1.82. The van der Waals surface area contributed by atoms with Gasteiger partial charge in [-0.15, -0.1) is 0 Å². The molecule has 7 nitrogen and oxygen atoms in total. The highest BCUT2D eigenvalue weighted by Gasteiger charge is 2.29. The number of aryl methyl sites for hydroxylation is 1. The summed E-state index contributed by atoms with van der Waals surface area (Å²) in [5, 5.41) is 11.7. The maximum absolute atomic E-state index is 12.6. The smallest absolute Gasteiger partial charge is 0.257 e. The second-order valence-corrected chi connectivity index (χ2v) is 8.28. The molecule has 158 valence electrons. The van der Waals surface area contributed by atoms with Gasteiger partial charge >= 0.3 is 0 Å². The standard InChI is InChI=1S/C23H29N5O2/c1-16(2)17-4-6-21(7-5-17)30-11-9-20-12-22(26-25-20)18-8-10-28(15-18)23(29)19-13-24-27(3)14-19/h4-7,12-14,16,18H,8-11,15H2,1-3H3,(H,25,26)/t18-/m1/s1. The molecular formula is C23H29N5O2. The fourth-order valence-electron chi connectivity index (χ4n) is 3.84. The monoisotopic (exact) mass is 407 g/mol. The third-order valence-electron chi connectivity index (χ3n) is 5.68. The Kier molecular flexibility index (Phi) is 5.88. The second kappa shape index (κ2) is 8.73. The molecule has 0 spiro atoms. The molecule has 0 saturated carbocycles. The van der Waals surface area contributed by atoms with Crippen LogP contribution in [0.1, 0.15) is 59.4 Å². The summed E-state index contributed by atoms with van der Waals surface area (Å²) in [6.07, 6.45) is 5.08. The molecule has 1 fully saturated rings. The lowest BCUT2D eigenvalue weighted by molar-refractivity contribution is 0.0790. The van der Waals surface area contributed by atoms with Crippen LogP contribution < -0.4 is 4.74 Å². The second-order valence-electron chi connectivity index (χ2n) is 8.28. The third kappa shape index (κ3) is 4.56. The molecule has 30 heavy (non-hydrogen) atoms. The molecule has 3 heterocycles. The van der Waals surface area contributed by atoms with Gasteiger partial charge in [0.2, 0.25) is 0 Å². The van der Waals surface area contributed by atoms with Crippen LogP contribution in [0.5, 0.6) is 5.75 Å². The Morgan fingerprint density at radius 2 is 2.10 bits per heavy atom. The highest BCUT2D eigenvalue weighted by Crippen LogP contribution is 2.27. The molecule has 0 bridgehead atoms. The fraction of sp³-hybridized carbons (Fsp3) is 0.435. The van der Waals surface area contributed by atoms with E-state index in [1.54, 1.807) is 17.1 Å². The highest BCUT2D eigenvalue weighted by atomic mass is 16.5. The van der Waals surface area contributed by atoms with Crippen molar-refractivity contribution in [2.24, 2.45) is 7.05 Å². The van der Waals surface area contributed by atoms with Gasteiger partial charge in [-0.05, 0) is 36.1 Å². The minimum Gasteiger partial charge on any atom is -0.493 e. The number of ether oxygens (including phenoxy) is 1. The molecule has 0 unspecified atom stereocenters. The molecule has 1 atom stereocenters. The van der Waals surface area contributed by atoms with Gasteiger partial charge in [0.1, 0.15) is 5.75 Å². The normalized spacial score (nSPS) is 16.4. The van der Waals surface area contributed by atoms with Gasteiger partial charge in [0.05, 0.1) is 24.1 Å². The van der Waals surface area contributed by atoms with Crippen LogP contribution in [0.2, 0.25) is 0 Å². The lowest BCUT2D eigenvalue weighted by atomic mass is 10.0. The molecule has 1 N–H and O–H groups in total. The van der Waals surface area contributed by atoms with Crippen LogP contribution in [0.3, 0.4) is 0 Å². The number of H-pyrrole nitrogens is 1. The lowest BCUT2D eigenvalue weighted by Gasteiger charge is -2.14. The van der Waals surface area contributed by atoms with E-state index in [9.17, 15) is 4.79 Å². The van der Waals surface area contributed by atoms with Crippen LogP contribution in [-0.4, -0.2) is 50.5 Å². The summed E-state index contributed by atoms with van der Waals surface area (Å²) < 4.78 is 7.52. The van der Waals surface area contributed by atoms with Gasteiger partial charge in [0, 0.05) is 44.4 Å². The van der Waals surface area contributed by atoms with Crippen molar-refractivity contribution in [3.05, 3.63) is 65.2 Å². The molecule has 0 aliphatic carbocycles. The molecule has 3 aromatic rings. The number of aromatic nitrogens is 4. The van der Waals surface area contributed by atoms with Crippen molar-refractivity contribution in [2.45, 2.75) is 38.5 Å². The maximum atomic E-state index is 12.6. The number of hydrogen-bond acceptors (Lipinski definition) is 4. The number of hydrogen-bond donors (Lipinski definition) is 1. The van der Waals surface area contributed by atoms with E-state index in [-0.39, 0.29) is 11.8 Å². The van der Waals surface area contributed by atoms with E-state index in [0.29, 0.717) is 24.6 Å². The molecular weight excluding hydrogens is 378 g/mol. The number of carbonyl (C=O) groups excluding carboxylic acids is 1. The summed E-state index contributed by atoms with van der Waals surface area (Å²) in [5.74, 6) is 1.71. The van der Waals surface area contributed by atoms with Crippen LogP contribution in [0.4, 0.5) is 0 Å². The average Bonchev–Trinajstić information content (AvgIpc) is 3.48. The molecule has 2 aromatic heterocycles. The van der Waals surface area contributed by atoms with E-state index in [1.165, 1.54) is 5.56 Å². The SMILES string of the molecule is CC(C)c1ccc(OCCc2cc([C@@H]3CCN(C(=O)c4cnn(C)c4)C3)n[nH]2)cc1. The zero-order chi connectivity index (χ0) is 21.1. The predicted octanol–water partition coefficient (Wildman–Crippen LogP) is 3.52. The van der Waals surface area contributed by atoms with Crippen molar-refractivity contribution in [1.82, 2.24) is 24.9 Å². The Hall–Kier alpha value is -3.09. The maximum Gasteiger partial charge on any atom is 0.257 e. The summed E-state index contributed by atoms with van der Waals surface area (Å²) in [5.41, 5.74) is 4.03. The van der Waals surface area contributed by atoms with Crippen LogP contribution in [0, 0.1) is 0 Å². The van der Waals surface area contributed by atoms with E-state index < -0.39 is 0 Å². The number of nitrogens with zero attached hydrogens (tertiary/aromatic N) is 4. The number of benzene rings is 1. The molecule has 1 aliphatic heterocycles. The molecule has 4 rings (SSSR count). The van der Waals surface area contributed by atoms with Crippen molar-refractivity contribution >= 4 is 5.91 Å². The number of likely N-dealkylation sites (tertiary alicyclic amines) is 1. The minimum atomic E-state index is 0.0400. The molecule has 1 saturated heterocycles.